The molecule has 0 aliphatic heterocycles. The molecular weight excluding hydrogens is 246 g/mol. The predicted octanol–water partition coefficient (Wildman–Crippen LogP) is 3.77. The molecule has 3 heteroatoms. The van der Waals surface area contributed by atoms with E-state index in [9.17, 15) is 0 Å². The van der Waals surface area contributed by atoms with Crippen LogP contribution in [-0.2, 0) is 0 Å². The molecule has 0 spiro atoms. The summed E-state index contributed by atoms with van der Waals surface area (Å²) in [7, 11) is 0. The molecule has 1 fully saturated rings. The van der Waals surface area contributed by atoms with E-state index in [0.717, 1.165) is 25.6 Å². The lowest BCUT2D eigenvalue weighted by Crippen LogP contribution is -2.30. The Kier molecular flexibility index (Phi) is 5.41. The van der Waals surface area contributed by atoms with Gasteiger partial charge < -0.3 is 10.2 Å². The van der Waals surface area contributed by atoms with Gasteiger partial charge in [-0.25, -0.2) is 0 Å². The van der Waals surface area contributed by atoms with Crippen molar-refractivity contribution in [3.05, 3.63) is 24.0 Å². The highest BCUT2D eigenvalue weighted by Gasteiger charge is 2.29. The van der Waals surface area contributed by atoms with Crippen molar-refractivity contribution in [2.75, 3.05) is 18.0 Å². The molecule has 1 aromatic rings. The van der Waals surface area contributed by atoms with E-state index in [0.29, 0.717) is 12.0 Å². The molecule has 1 heterocycles. The first kappa shape index (κ1) is 15.3. The second-order valence-corrected chi connectivity index (χ2v) is 6.24. The Labute approximate surface area is 123 Å². The maximum atomic E-state index is 4.70. The number of pyridine rings is 1. The van der Waals surface area contributed by atoms with Crippen LogP contribution in [0.1, 0.15) is 58.7 Å². The lowest BCUT2D eigenvalue weighted by atomic mass is 10.1. The third-order valence-electron chi connectivity index (χ3n) is 3.87. The quantitative estimate of drug-likeness (QED) is 0.783. The molecule has 2 rings (SSSR count). The molecule has 112 valence electrons. The molecule has 0 radical (unpaired) electrons. The lowest BCUT2D eigenvalue weighted by molar-refractivity contribution is 0.524. The molecule has 20 heavy (non-hydrogen) atoms. The van der Waals surface area contributed by atoms with Crippen molar-refractivity contribution in [3.63, 3.8) is 0 Å². The van der Waals surface area contributed by atoms with Crippen molar-refractivity contribution in [2.45, 2.75) is 59.0 Å². The van der Waals surface area contributed by atoms with Gasteiger partial charge in [-0.1, -0.05) is 27.7 Å². The first-order chi connectivity index (χ1) is 9.65. The van der Waals surface area contributed by atoms with Crippen molar-refractivity contribution in [2.24, 2.45) is 5.92 Å². The minimum absolute atomic E-state index is 0.383. The van der Waals surface area contributed by atoms with Crippen LogP contribution in [0.3, 0.4) is 0 Å². The van der Waals surface area contributed by atoms with Crippen molar-refractivity contribution in [1.82, 2.24) is 10.3 Å². The van der Waals surface area contributed by atoms with Crippen molar-refractivity contribution >= 4 is 5.69 Å². The second-order valence-electron chi connectivity index (χ2n) is 6.24. The number of anilines is 1. The van der Waals surface area contributed by atoms with Crippen LogP contribution < -0.4 is 10.2 Å². The minimum atomic E-state index is 0.383. The Bertz CT molecular complexity index is 395. The zero-order chi connectivity index (χ0) is 14.5. The molecular formula is C17H29N3. The zero-order valence-corrected chi connectivity index (χ0v) is 13.4. The van der Waals surface area contributed by atoms with Crippen molar-refractivity contribution < 1.29 is 0 Å². The van der Waals surface area contributed by atoms with Crippen LogP contribution in [0.5, 0.6) is 0 Å². The largest absolute Gasteiger partial charge is 0.367 e. The monoisotopic (exact) mass is 275 g/mol. The SMILES string of the molecule is CCNC(CC)c1ccc(N(CC(C)C)C2CC2)cn1. The maximum absolute atomic E-state index is 4.70. The normalized spacial score (nSPS) is 16.4. The van der Waals surface area contributed by atoms with Crippen molar-refractivity contribution in [3.8, 4) is 0 Å². The average Bonchev–Trinajstić information content (AvgIpc) is 3.27. The first-order valence-electron chi connectivity index (χ1n) is 8.11. The van der Waals surface area contributed by atoms with Gasteiger partial charge in [-0.3, -0.25) is 4.98 Å². The highest BCUT2D eigenvalue weighted by atomic mass is 15.2. The lowest BCUT2D eigenvalue weighted by Gasteiger charge is -2.27. The summed E-state index contributed by atoms with van der Waals surface area (Å²) in [6, 6.07) is 5.58. The Hall–Kier alpha value is -1.09. The van der Waals surface area contributed by atoms with Gasteiger partial charge in [0.15, 0.2) is 0 Å². The van der Waals surface area contributed by atoms with Gasteiger partial charge in [0, 0.05) is 18.6 Å². The minimum Gasteiger partial charge on any atom is -0.367 e. The molecule has 1 aromatic heterocycles. The Morgan fingerprint density at radius 2 is 2.05 bits per heavy atom. The number of hydrogen-bond donors (Lipinski definition) is 1. The number of hydrogen-bond acceptors (Lipinski definition) is 3. The second kappa shape index (κ2) is 7.07. The van der Waals surface area contributed by atoms with Gasteiger partial charge in [0.05, 0.1) is 17.6 Å². The molecule has 0 amide bonds. The summed E-state index contributed by atoms with van der Waals surface area (Å²) in [6.07, 6.45) is 5.82. The van der Waals surface area contributed by atoms with Crippen LogP contribution in [0.15, 0.2) is 18.3 Å². The van der Waals surface area contributed by atoms with E-state index in [2.05, 4.69) is 56.2 Å². The van der Waals surface area contributed by atoms with E-state index < -0.39 is 0 Å². The molecule has 1 unspecified atom stereocenters. The van der Waals surface area contributed by atoms with E-state index in [4.69, 9.17) is 4.98 Å². The van der Waals surface area contributed by atoms with E-state index >= 15 is 0 Å². The molecule has 0 bridgehead atoms. The topological polar surface area (TPSA) is 28.2 Å². The van der Waals surface area contributed by atoms with E-state index in [1.54, 1.807) is 0 Å². The van der Waals surface area contributed by atoms with Crippen LogP contribution in [0, 0.1) is 5.92 Å². The Balaban J connectivity index is 2.09. The van der Waals surface area contributed by atoms with Gasteiger partial charge >= 0.3 is 0 Å². The van der Waals surface area contributed by atoms with Crippen LogP contribution in [0.2, 0.25) is 0 Å². The maximum Gasteiger partial charge on any atom is 0.0574 e. The van der Waals surface area contributed by atoms with E-state index in [1.807, 2.05) is 0 Å². The standard InChI is InChI=1S/C17H29N3/c1-5-16(18-6-2)17-10-9-15(11-19-17)20(12-13(3)4)14-7-8-14/h9-11,13-14,16,18H,5-8,12H2,1-4H3. The van der Waals surface area contributed by atoms with Gasteiger partial charge in [-0.05, 0) is 43.9 Å². The smallest absolute Gasteiger partial charge is 0.0574 e. The van der Waals surface area contributed by atoms with Crippen molar-refractivity contribution in [1.29, 1.82) is 0 Å². The summed E-state index contributed by atoms with van der Waals surface area (Å²) in [5.41, 5.74) is 2.45. The average molecular weight is 275 g/mol. The molecule has 3 nitrogen and oxygen atoms in total. The van der Waals surface area contributed by atoms with E-state index in [-0.39, 0.29) is 0 Å². The van der Waals surface area contributed by atoms with Gasteiger partial charge in [0.25, 0.3) is 0 Å². The highest BCUT2D eigenvalue weighted by Crippen LogP contribution is 2.32. The molecule has 0 saturated heterocycles. The molecule has 1 saturated carbocycles. The van der Waals surface area contributed by atoms with E-state index in [1.165, 1.54) is 24.2 Å². The van der Waals surface area contributed by atoms with Crippen LogP contribution in [-0.4, -0.2) is 24.1 Å². The Morgan fingerprint density at radius 3 is 2.50 bits per heavy atom. The number of nitrogens with zero attached hydrogens (tertiary/aromatic N) is 2. The fraction of sp³-hybridized carbons (Fsp3) is 0.706. The van der Waals surface area contributed by atoms with Crippen LogP contribution in [0.4, 0.5) is 5.69 Å². The summed E-state index contributed by atoms with van der Waals surface area (Å²) < 4.78 is 0. The van der Waals surface area contributed by atoms with Gasteiger partial charge in [0.1, 0.15) is 0 Å². The number of aromatic nitrogens is 1. The fourth-order valence-corrected chi connectivity index (χ4v) is 2.72. The molecule has 1 atom stereocenters. The number of rotatable bonds is 8. The molecule has 1 aliphatic carbocycles. The summed E-state index contributed by atoms with van der Waals surface area (Å²) in [4.78, 5) is 7.24. The summed E-state index contributed by atoms with van der Waals surface area (Å²) in [6.45, 7) is 11.1. The van der Waals surface area contributed by atoms with Gasteiger partial charge in [0.2, 0.25) is 0 Å². The highest BCUT2D eigenvalue weighted by molar-refractivity contribution is 5.47. The van der Waals surface area contributed by atoms with Gasteiger partial charge in [-0.2, -0.15) is 0 Å². The summed E-state index contributed by atoms with van der Waals surface area (Å²) in [5.74, 6) is 0.695. The third kappa shape index (κ3) is 3.95. The number of nitrogens with one attached hydrogen (secondary N) is 1. The van der Waals surface area contributed by atoms with Gasteiger partial charge in [-0.15, -0.1) is 0 Å². The Morgan fingerprint density at radius 1 is 1.30 bits per heavy atom. The van der Waals surface area contributed by atoms with Crippen LogP contribution >= 0.6 is 0 Å². The predicted molar refractivity (Wildman–Crippen MR) is 86.2 cm³/mol. The molecule has 1 aliphatic rings. The fourth-order valence-electron chi connectivity index (χ4n) is 2.72. The first-order valence-corrected chi connectivity index (χ1v) is 8.11. The molecule has 1 N–H and O–H groups in total. The summed E-state index contributed by atoms with van der Waals surface area (Å²) in [5, 5.41) is 3.49. The van der Waals surface area contributed by atoms with Crippen LogP contribution in [0.25, 0.3) is 0 Å². The molecule has 0 aromatic carbocycles. The summed E-state index contributed by atoms with van der Waals surface area (Å²) >= 11 is 0. The zero-order valence-electron chi connectivity index (χ0n) is 13.4. The third-order valence-corrected chi connectivity index (χ3v) is 3.87.